The number of piperazine rings is 1. The van der Waals surface area contributed by atoms with Crippen LogP contribution in [0, 0.1) is 0 Å². The number of carboxylic acids is 1. The zero-order chi connectivity index (χ0) is 14.9. The van der Waals surface area contributed by atoms with Gasteiger partial charge in [0, 0.05) is 6.54 Å². The number of nitrogens with zero attached hydrogens (tertiary/aromatic N) is 1. The van der Waals surface area contributed by atoms with Gasteiger partial charge in [0.25, 0.3) is 5.91 Å². The van der Waals surface area contributed by atoms with E-state index >= 15 is 0 Å². The highest BCUT2D eigenvalue weighted by Crippen LogP contribution is 2.23. The molecule has 1 heterocycles. The number of hydrogen-bond acceptors (Lipinski definition) is 4. The van der Waals surface area contributed by atoms with Gasteiger partial charge in [-0.2, -0.15) is 0 Å². The van der Waals surface area contributed by atoms with E-state index in [1.165, 1.54) is 12.1 Å². The molecule has 2 amide bonds. The van der Waals surface area contributed by atoms with Crippen LogP contribution in [-0.2, 0) is 9.59 Å². The van der Waals surface area contributed by atoms with Crippen molar-refractivity contribution in [3.8, 4) is 5.75 Å². The number of phenols is 1. The van der Waals surface area contributed by atoms with Gasteiger partial charge in [-0.1, -0.05) is 11.6 Å². The summed E-state index contributed by atoms with van der Waals surface area (Å²) in [7, 11) is 0. The van der Waals surface area contributed by atoms with E-state index in [-0.39, 0.29) is 29.4 Å². The number of carbonyl (C=O) groups excluding carboxylic acids is 2. The third-order valence-electron chi connectivity index (χ3n) is 2.91. The lowest BCUT2D eigenvalue weighted by Crippen LogP contribution is -2.59. The number of carboxylic acid groups (broad SMARTS) is 1. The fraction of sp³-hybridized carbons (Fsp3) is 0.250. The highest BCUT2D eigenvalue weighted by molar-refractivity contribution is 6.34. The van der Waals surface area contributed by atoms with Crippen molar-refractivity contribution in [2.24, 2.45) is 0 Å². The van der Waals surface area contributed by atoms with Crippen LogP contribution in [0.15, 0.2) is 18.2 Å². The first-order valence-electron chi connectivity index (χ1n) is 5.69. The molecular formula is C12H11ClN2O5. The predicted molar refractivity (Wildman–Crippen MR) is 68.6 cm³/mol. The summed E-state index contributed by atoms with van der Waals surface area (Å²) >= 11 is 5.87. The predicted octanol–water partition coefficient (Wildman–Crippen LogP) is 0.0708. The summed E-state index contributed by atoms with van der Waals surface area (Å²) in [6.45, 7) is -0.544. The van der Waals surface area contributed by atoms with E-state index in [2.05, 4.69) is 5.32 Å². The molecule has 1 aliphatic rings. The lowest BCUT2D eigenvalue weighted by molar-refractivity contribution is -0.144. The van der Waals surface area contributed by atoms with E-state index in [0.717, 1.165) is 11.0 Å². The molecule has 1 aromatic rings. The van der Waals surface area contributed by atoms with Gasteiger partial charge in [0.15, 0.2) is 0 Å². The van der Waals surface area contributed by atoms with E-state index in [9.17, 15) is 19.5 Å². The molecule has 0 bridgehead atoms. The second-order valence-electron chi connectivity index (χ2n) is 4.26. The standard InChI is InChI=1S/C12H11ClN2O5/c13-8-2-1-6(16)3-7(8)11(18)15-5-10(17)14-4-9(15)12(19)20/h1-3,9,16H,4-5H2,(H,14,17)(H,19,20). The van der Waals surface area contributed by atoms with Gasteiger partial charge < -0.3 is 20.4 Å². The minimum absolute atomic E-state index is 0.0485. The van der Waals surface area contributed by atoms with E-state index in [4.69, 9.17) is 16.7 Å². The summed E-state index contributed by atoms with van der Waals surface area (Å²) in [4.78, 5) is 35.7. The van der Waals surface area contributed by atoms with Crippen molar-refractivity contribution < 1.29 is 24.6 Å². The largest absolute Gasteiger partial charge is 0.508 e. The van der Waals surface area contributed by atoms with Crippen LogP contribution in [0.25, 0.3) is 0 Å². The van der Waals surface area contributed by atoms with Gasteiger partial charge in [-0.3, -0.25) is 9.59 Å². The monoisotopic (exact) mass is 298 g/mol. The SMILES string of the molecule is O=C1CN(C(=O)c2cc(O)ccc2Cl)C(C(=O)O)CN1. The third kappa shape index (κ3) is 2.67. The van der Waals surface area contributed by atoms with Crippen molar-refractivity contribution in [3.05, 3.63) is 28.8 Å². The van der Waals surface area contributed by atoms with Gasteiger partial charge in [0.05, 0.1) is 10.6 Å². The zero-order valence-electron chi connectivity index (χ0n) is 10.2. The van der Waals surface area contributed by atoms with Gasteiger partial charge in [-0.15, -0.1) is 0 Å². The van der Waals surface area contributed by atoms with E-state index < -0.39 is 23.8 Å². The average Bonchev–Trinajstić information content (AvgIpc) is 2.40. The maximum Gasteiger partial charge on any atom is 0.328 e. The molecule has 0 saturated carbocycles. The first-order valence-corrected chi connectivity index (χ1v) is 6.07. The molecule has 7 nitrogen and oxygen atoms in total. The van der Waals surface area contributed by atoms with E-state index in [0.29, 0.717) is 0 Å². The Balaban J connectivity index is 2.36. The number of halogens is 1. The number of benzene rings is 1. The summed E-state index contributed by atoms with van der Waals surface area (Å²) in [6.07, 6.45) is 0. The Labute approximate surface area is 118 Å². The van der Waals surface area contributed by atoms with Crippen LogP contribution >= 0.6 is 11.6 Å². The van der Waals surface area contributed by atoms with Crippen molar-refractivity contribution in [3.63, 3.8) is 0 Å². The molecule has 20 heavy (non-hydrogen) atoms. The Bertz CT molecular complexity index is 589. The Hall–Kier alpha value is -2.28. The fourth-order valence-electron chi connectivity index (χ4n) is 1.91. The summed E-state index contributed by atoms with van der Waals surface area (Å²) in [5.41, 5.74) is -0.0485. The number of hydrogen-bond donors (Lipinski definition) is 3. The number of amides is 2. The van der Waals surface area contributed by atoms with Crippen LogP contribution in [0.5, 0.6) is 5.75 Å². The number of nitrogens with one attached hydrogen (secondary N) is 1. The number of phenolic OH excluding ortho intramolecular Hbond substituents is 1. The maximum atomic E-state index is 12.3. The molecule has 1 aliphatic heterocycles. The molecule has 0 radical (unpaired) electrons. The summed E-state index contributed by atoms with van der Waals surface area (Å²) in [6, 6.07) is 2.59. The van der Waals surface area contributed by atoms with Gasteiger partial charge in [0.2, 0.25) is 5.91 Å². The topological polar surface area (TPSA) is 107 Å². The first kappa shape index (κ1) is 14.1. The van der Waals surface area contributed by atoms with Crippen LogP contribution in [0.2, 0.25) is 5.02 Å². The lowest BCUT2D eigenvalue weighted by Gasteiger charge is -2.32. The number of rotatable bonds is 2. The van der Waals surface area contributed by atoms with E-state index in [1.807, 2.05) is 0 Å². The third-order valence-corrected chi connectivity index (χ3v) is 3.24. The van der Waals surface area contributed by atoms with Crippen molar-refractivity contribution in [1.82, 2.24) is 10.2 Å². The Morgan fingerprint density at radius 2 is 2.10 bits per heavy atom. The average molecular weight is 299 g/mol. The molecule has 1 aromatic carbocycles. The quantitative estimate of drug-likeness (QED) is 0.716. The second-order valence-corrected chi connectivity index (χ2v) is 4.66. The molecule has 3 N–H and O–H groups in total. The van der Waals surface area contributed by atoms with Gasteiger partial charge >= 0.3 is 5.97 Å². The Morgan fingerprint density at radius 1 is 1.40 bits per heavy atom. The fourth-order valence-corrected chi connectivity index (χ4v) is 2.11. The summed E-state index contributed by atoms with van der Waals surface area (Å²) in [5, 5.41) is 20.9. The molecule has 0 aliphatic carbocycles. The Morgan fingerprint density at radius 3 is 2.75 bits per heavy atom. The van der Waals surface area contributed by atoms with Crippen LogP contribution in [0.3, 0.4) is 0 Å². The van der Waals surface area contributed by atoms with Crippen LogP contribution in [-0.4, -0.2) is 52.0 Å². The highest BCUT2D eigenvalue weighted by atomic mass is 35.5. The zero-order valence-corrected chi connectivity index (χ0v) is 10.9. The molecule has 8 heteroatoms. The summed E-state index contributed by atoms with van der Waals surface area (Å²) < 4.78 is 0. The second kappa shape index (κ2) is 5.38. The highest BCUT2D eigenvalue weighted by Gasteiger charge is 2.36. The molecule has 106 valence electrons. The van der Waals surface area contributed by atoms with Gasteiger partial charge in [-0.05, 0) is 18.2 Å². The van der Waals surface area contributed by atoms with Crippen LogP contribution in [0.4, 0.5) is 0 Å². The van der Waals surface area contributed by atoms with Crippen molar-refractivity contribution >= 4 is 29.4 Å². The first-order chi connectivity index (χ1) is 9.40. The van der Waals surface area contributed by atoms with Crippen molar-refractivity contribution in [1.29, 1.82) is 0 Å². The smallest absolute Gasteiger partial charge is 0.328 e. The summed E-state index contributed by atoms with van der Waals surface area (Å²) in [5.74, 6) is -2.57. The minimum Gasteiger partial charge on any atom is -0.508 e. The molecule has 1 fully saturated rings. The van der Waals surface area contributed by atoms with E-state index in [1.54, 1.807) is 0 Å². The number of carbonyl (C=O) groups is 3. The molecule has 2 rings (SSSR count). The van der Waals surface area contributed by atoms with Gasteiger partial charge in [-0.25, -0.2) is 4.79 Å². The normalized spacial score (nSPS) is 18.6. The van der Waals surface area contributed by atoms with Crippen molar-refractivity contribution in [2.75, 3.05) is 13.1 Å². The maximum absolute atomic E-state index is 12.3. The molecule has 0 spiro atoms. The van der Waals surface area contributed by atoms with Crippen LogP contribution in [0.1, 0.15) is 10.4 Å². The van der Waals surface area contributed by atoms with Crippen LogP contribution < -0.4 is 5.32 Å². The number of aromatic hydroxyl groups is 1. The molecule has 1 atom stereocenters. The molecule has 1 unspecified atom stereocenters. The number of aliphatic carboxylic acids is 1. The van der Waals surface area contributed by atoms with Crippen molar-refractivity contribution in [2.45, 2.75) is 6.04 Å². The molecule has 1 saturated heterocycles. The van der Waals surface area contributed by atoms with Gasteiger partial charge in [0.1, 0.15) is 18.3 Å². The Kier molecular flexibility index (Phi) is 3.80. The lowest BCUT2D eigenvalue weighted by atomic mass is 10.1. The molecular weight excluding hydrogens is 288 g/mol. The molecule has 0 aromatic heterocycles. The minimum atomic E-state index is -1.23.